The van der Waals surface area contributed by atoms with E-state index in [1.165, 1.54) is 31.4 Å². The van der Waals surface area contributed by atoms with Gasteiger partial charge in [-0.25, -0.2) is 4.39 Å². The van der Waals surface area contributed by atoms with E-state index in [0.717, 1.165) is 23.9 Å². The summed E-state index contributed by atoms with van der Waals surface area (Å²) in [6.07, 6.45) is 3.89. The molecule has 17 heavy (non-hydrogen) atoms. The maximum absolute atomic E-state index is 12.8. The molecule has 0 aromatic heterocycles. The van der Waals surface area contributed by atoms with E-state index in [1.807, 2.05) is 12.1 Å². The van der Waals surface area contributed by atoms with Gasteiger partial charge >= 0.3 is 0 Å². The minimum absolute atomic E-state index is 0.159. The minimum Gasteiger partial charge on any atom is -0.310 e. The quantitative estimate of drug-likeness (QED) is 0.841. The third-order valence-electron chi connectivity index (χ3n) is 3.69. The highest BCUT2D eigenvalue weighted by atomic mass is 19.1. The van der Waals surface area contributed by atoms with Crippen LogP contribution in [-0.2, 0) is 6.54 Å². The van der Waals surface area contributed by atoms with E-state index in [0.29, 0.717) is 6.04 Å². The molecular weight excluding hydrogens is 213 g/mol. The zero-order chi connectivity index (χ0) is 12.3. The predicted molar refractivity (Wildman–Crippen MR) is 69.2 cm³/mol. The van der Waals surface area contributed by atoms with E-state index < -0.39 is 0 Å². The molecule has 0 aliphatic heterocycles. The molecule has 2 atom stereocenters. The largest absolute Gasteiger partial charge is 0.310 e. The van der Waals surface area contributed by atoms with Gasteiger partial charge in [-0.15, -0.1) is 0 Å². The fourth-order valence-electron chi connectivity index (χ4n) is 2.98. The predicted octanol–water partition coefficient (Wildman–Crippen LogP) is 3.74. The van der Waals surface area contributed by atoms with Gasteiger partial charge in [0.2, 0.25) is 0 Å². The van der Waals surface area contributed by atoms with E-state index in [-0.39, 0.29) is 5.82 Å². The molecule has 0 bridgehead atoms. The molecule has 94 valence electrons. The van der Waals surface area contributed by atoms with Gasteiger partial charge in [0.1, 0.15) is 5.82 Å². The number of nitrogens with one attached hydrogen (secondary N) is 1. The molecule has 2 rings (SSSR count). The summed E-state index contributed by atoms with van der Waals surface area (Å²) in [5, 5.41) is 3.60. The smallest absolute Gasteiger partial charge is 0.123 e. The van der Waals surface area contributed by atoms with Crippen molar-refractivity contribution in [2.24, 2.45) is 11.8 Å². The molecule has 2 unspecified atom stereocenters. The number of benzene rings is 1. The van der Waals surface area contributed by atoms with Crippen molar-refractivity contribution in [1.82, 2.24) is 5.32 Å². The van der Waals surface area contributed by atoms with Gasteiger partial charge in [-0.3, -0.25) is 0 Å². The van der Waals surface area contributed by atoms with Crippen molar-refractivity contribution in [3.05, 3.63) is 35.6 Å². The Kier molecular flexibility index (Phi) is 4.16. The number of halogens is 1. The molecule has 0 amide bonds. The summed E-state index contributed by atoms with van der Waals surface area (Å²) in [5.74, 6) is 1.49. The summed E-state index contributed by atoms with van der Waals surface area (Å²) >= 11 is 0. The molecule has 1 fully saturated rings. The van der Waals surface area contributed by atoms with Crippen LogP contribution >= 0.6 is 0 Å². The van der Waals surface area contributed by atoms with Crippen LogP contribution in [0.1, 0.15) is 38.7 Å². The fraction of sp³-hybridized carbons (Fsp3) is 0.600. The molecule has 1 aliphatic rings. The molecule has 1 aliphatic carbocycles. The Morgan fingerprint density at radius 3 is 2.24 bits per heavy atom. The van der Waals surface area contributed by atoms with Crippen molar-refractivity contribution in [2.45, 2.75) is 45.7 Å². The van der Waals surface area contributed by atoms with E-state index in [1.54, 1.807) is 0 Å². The van der Waals surface area contributed by atoms with Crippen molar-refractivity contribution in [3.8, 4) is 0 Å². The summed E-state index contributed by atoms with van der Waals surface area (Å²) in [7, 11) is 0. The summed E-state index contributed by atoms with van der Waals surface area (Å²) < 4.78 is 12.8. The number of rotatable bonds is 3. The highest BCUT2D eigenvalue weighted by Crippen LogP contribution is 2.28. The topological polar surface area (TPSA) is 12.0 Å². The van der Waals surface area contributed by atoms with Crippen LogP contribution in [0.2, 0.25) is 0 Å². The van der Waals surface area contributed by atoms with Gasteiger partial charge < -0.3 is 5.32 Å². The Labute approximate surface area is 103 Å². The van der Waals surface area contributed by atoms with Gasteiger partial charge in [0.05, 0.1) is 0 Å². The summed E-state index contributed by atoms with van der Waals surface area (Å²) in [6, 6.07) is 7.40. The molecule has 0 radical (unpaired) electrons. The Morgan fingerprint density at radius 1 is 1.06 bits per heavy atom. The molecule has 2 heteroatoms. The molecule has 1 saturated carbocycles. The highest BCUT2D eigenvalue weighted by molar-refractivity contribution is 5.15. The Hall–Kier alpha value is -0.890. The molecule has 1 aromatic carbocycles. The lowest BCUT2D eigenvalue weighted by Crippen LogP contribution is -2.35. The van der Waals surface area contributed by atoms with Crippen LogP contribution in [0.3, 0.4) is 0 Å². The number of hydrogen-bond donors (Lipinski definition) is 1. The van der Waals surface area contributed by atoms with Gasteiger partial charge in [-0.2, -0.15) is 0 Å². The molecule has 1 nitrogen and oxygen atoms in total. The van der Waals surface area contributed by atoms with Crippen LogP contribution in [-0.4, -0.2) is 6.04 Å². The van der Waals surface area contributed by atoms with Crippen molar-refractivity contribution < 1.29 is 4.39 Å². The Morgan fingerprint density at radius 2 is 1.65 bits per heavy atom. The Balaban J connectivity index is 1.83. The third kappa shape index (κ3) is 3.81. The van der Waals surface area contributed by atoms with E-state index in [2.05, 4.69) is 19.2 Å². The molecular formula is C15H22FN. The second kappa shape index (κ2) is 5.63. The van der Waals surface area contributed by atoms with Gasteiger partial charge in [0, 0.05) is 12.6 Å². The lowest BCUT2D eigenvalue weighted by molar-refractivity contribution is 0.238. The van der Waals surface area contributed by atoms with Gasteiger partial charge in [0.25, 0.3) is 0 Å². The molecule has 0 saturated heterocycles. The Bertz CT molecular complexity index is 336. The van der Waals surface area contributed by atoms with Crippen molar-refractivity contribution >= 4 is 0 Å². The maximum Gasteiger partial charge on any atom is 0.123 e. The molecule has 1 N–H and O–H groups in total. The minimum atomic E-state index is -0.159. The SMILES string of the molecule is CC1CC(C)CC(NCc2ccc(F)cc2)C1. The molecule has 1 aromatic rings. The first-order valence-corrected chi connectivity index (χ1v) is 6.61. The van der Waals surface area contributed by atoms with Crippen LogP contribution in [0.15, 0.2) is 24.3 Å². The fourth-order valence-corrected chi connectivity index (χ4v) is 2.98. The lowest BCUT2D eigenvalue weighted by Gasteiger charge is -2.32. The zero-order valence-corrected chi connectivity index (χ0v) is 10.7. The average Bonchev–Trinajstić information content (AvgIpc) is 2.27. The second-order valence-electron chi connectivity index (χ2n) is 5.62. The van der Waals surface area contributed by atoms with E-state index in [4.69, 9.17) is 0 Å². The first-order chi connectivity index (χ1) is 8.13. The van der Waals surface area contributed by atoms with Crippen molar-refractivity contribution in [1.29, 1.82) is 0 Å². The zero-order valence-electron chi connectivity index (χ0n) is 10.7. The first-order valence-electron chi connectivity index (χ1n) is 6.61. The summed E-state index contributed by atoms with van der Waals surface area (Å²) in [4.78, 5) is 0. The molecule has 0 heterocycles. The van der Waals surface area contributed by atoms with Crippen LogP contribution in [0.25, 0.3) is 0 Å². The summed E-state index contributed by atoms with van der Waals surface area (Å²) in [5.41, 5.74) is 1.16. The highest BCUT2D eigenvalue weighted by Gasteiger charge is 2.23. The standard InChI is InChI=1S/C15H22FN/c1-11-7-12(2)9-15(8-11)17-10-13-3-5-14(16)6-4-13/h3-6,11-12,15,17H,7-10H2,1-2H3. The van der Waals surface area contributed by atoms with Crippen molar-refractivity contribution in [2.75, 3.05) is 0 Å². The van der Waals surface area contributed by atoms with Crippen LogP contribution in [0, 0.1) is 17.7 Å². The van der Waals surface area contributed by atoms with Gasteiger partial charge in [0.15, 0.2) is 0 Å². The number of hydrogen-bond acceptors (Lipinski definition) is 1. The lowest BCUT2D eigenvalue weighted by atomic mass is 9.80. The van der Waals surface area contributed by atoms with E-state index in [9.17, 15) is 4.39 Å². The maximum atomic E-state index is 12.8. The van der Waals surface area contributed by atoms with Gasteiger partial charge in [-0.1, -0.05) is 26.0 Å². The average molecular weight is 235 g/mol. The van der Waals surface area contributed by atoms with E-state index >= 15 is 0 Å². The second-order valence-corrected chi connectivity index (χ2v) is 5.62. The van der Waals surface area contributed by atoms with Crippen LogP contribution in [0.5, 0.6) is 0 Å². The molecule has 0 spiro atoms. The van der Waals surface area contributed by atoms with Crippen molar-refractivity contribution in [3.63, 3.8) is 0 Å². The normalized spacial score (nSPS) is 29.2. The van der Waals surface area contributed by atoms with Crippen LogP contribution in [0.4, 0.5) is 4.39 Å². The van der Waals surface area contributed by atoms with Gasteiger partial charge in [-0.05, 0) is 48.8 Å². The van der Waals surface area contributed by atoms with Crippen LogP contribution < -0.4 is 5.32 Å². The monoisotopic (exact) mass is 235 g/mol. The first kappa shape index (κ1) is 12.6. The summed E-state index contributed by atoms with van der Waals surface area (Å²) in [6.45, 7) is 5.52. The third-order valence-corrected chi connectivity index (χ3v) is 3.69.